The molecule has 22 heavy (non-hydrogen) atoms. The van der Waals surface area contributed by atoms with Gasteiger partial charge in [-0.15, -0.1) is 12.4 Å². The molecule has 0 aromatic heterocycles. The lowest BCUT2D eigenvalue weighted by atomic mass is 9.84. The summed E-state index contributed by atoms with van der Waals surface area (Å²) < 4.78 is 0. The van der Waals surface area contributed by atoms with Crippen molar-refractivity contribution in [1.82, 2.24) is 4.90 Å². The van der Waals surface area contributed by atoms with E-state index in [2.05, 4.69) is 0 Å². The first-order valence-corrected chi connectivity index (χ1v) is 8.27. The smallest absolute Gasteiger partial charge is 0.227 e. The van der Waals surface area contributed by atoms with Gasteiger partial charge in [0.1, 0.15) is 0 Å². The van der Waals surface area contributed by atoms with Gasteiger partial charge in [0, 0.05) is 24.2 Å². The molecule has 2 fully saturated rings. The van der Waals surface area contributed by atoms with E-state index in [0.29, 0.717) is 24.9 Å². The van der Waals surface area contributed by atoms with Crippen LogP contribution in [0.4, 0.5) is 0 Å². The number of hydrogen-bond acceptors (Lipinski definition) is 2. The maximum Gasteiger partial charge on any atom is 0.227 e. The molecule has 0 radical (unpaired) electrons. The van der Waals surface area contributed by atoms with E-state index in [1.54, 1.807) is 0 Å². The number of carbonyl (C=O) groups excluding carboxylic acids is 1. The third kappa shape index (κ3) is 3.12. The maximum absolute atomic E-state index is 12.9. The number of nitrogens with two attached hydrogens (primary N) is 1. The molecule has 0 heterocycles. The van der Waals surface area contributed by atoms with Gasteiger partial charge in [0.05, 0.1) is 5.92 Å². The second kappa shape index (κ2) is 7.20. The molecule has 2 aliphatic rings. The van der Waals surface area contributed by atoms with Crippen molar-refractivity contribution in [3.05, 3.63) is 34.9 Å². The van der Waals surface area contributed by atoms with Gasteiger partial charge in [-0.3, -0.25) is 4.79 Å². The Morgan fingerprint density at radius 2 is 2.00 bits per heavy atom. The molecule has 0 aliphatic heterocycles. The lowest BCUT2D eigenvalue weighted by Crippen LogP contribution is -2.46. The van der Waals surface area contributed by atoms with E-state index < -0.39 is 0 Å². The lowest BCUT2D eigenvalue weighted by Gasteiger charge is -2.32. The van der Waals surface area contributed by atoms with E-state index in [0.717, 1.165) is 17.0 Å². The van der Waals surface area contributed by atoms with Crippen LogP contribution in [0.2, 0.25) is 5.02 Å². The number of carbonyl (C=O) groups is 1. The monoisotopic (exact) mass is 342 g/mol. The zero-order chi connectivity index (χ0) is 15.0. The standard InChI is InChI=1S/C17H23ClN2O.ClH/c1-2-20(10-13-5-3-4-6-14(13)18)17(21)15-11-7-8-12(9-11)16(15)19;/h3-6,11-12,15-16H,2,7-10,19H2,1H3;1H. The minimum Gasteiger partial charge on any atom is -0.338 e. The summed E-state index contributed by atoms with van der Waals surface area (Å²) in [6.07, 6.45) is 3.51. The fourth-order valence-electron chi connectivity index (χ4n) is 4.09. The van der Waals surface area contributed by atoms with Crippen LogP contribution in [0.1, 0.15) is 31.7 Å². The average Bonchev–Trinajstić information content (AvgIpc) is 3.06. The third-order valence-electron chi connectivity index (χ3n) is 5.28. The average molecular weight is 343 g/mol. The Morgan fingerprint density at radius 3 is 2.59 bits per heavy atom. The first-order chi connectivity index (χ1) is 10.1. The summed E-state index contributed by atoms with van der Waals surface area (Å²) >= 11 is 6.22. The maximum atomic E-state index is 12.9. The van der Waals surface area contributed by atoms with Crippen molar-refractivity contribution in [2.45, 2.75) is 38.8 Å². The van der Waals surface area contributed by atoms with E-state index in [1.165, 1.54) is 12.8 Å². The second-order valence-corrected chi connectivity index (χ2v) is 6.79. The molecule has 4 unspecified atom stereocenters. The van der Waals surface area contributed by atoms with Crippen LogP contribution >= 0.6 is 24.0 Å². The van der Waals surface area contributed by atoms with Crippen molar-refractivity contribution in [3.63, 3.8) is 0 Å². The molecule has 5 heteroatoms. The zero-order valence-corrected chi connectivity index (χ0v) is 14.4. The zero-order valence-electron chi connectivity index (χ0n) is 12.9. The quantitative estimate of drug-likeness (QED) is 0.910. The molecule has 3 nitrogen and oxygen atoms in total. The van der Waals surface area contributed by atoms with Crippen molar-refractivity contribution >= 4 is 29.9 Å². The van der Waals surface area contributed by atoms with Gasteiger partial charge in [-0.25, -0.2) is 0 Å². The molecule has 1 aromatic rings. The molecule has 3 rings (SSSR count). The third-order valence-corrected chi connectivity index (χ3v) is 5.65. The molecule has 1 amide bonds. The summed E-state index contributed by atoms with van der Waals surface area (Å²) in [6.45, 7) is 3.30. The van der Waals surface area contributed by atoms with E-state index in [4.69, 9.17) is 17.3 Å². The molecule has 2 N–H and O–H groups in total. The van der Waals surface area contributed by atoms with Crippen molar-refractivity contribution in [2.24, 2.45) is 23.5 Å². The van der Waals surface area contributed by atoms with Crippen LogP contribution in [0.3, 0.4) is 0 Å². The van der Waals surface area contributed by atoms with Gasteiger partial charge in [-0.05, 0) is 49.7 Å². The molecule has 2 aliphatic carbocycles. The lowest BCUT2D eigenvalue weighted by molar-refractivity contribution is -0.138. The summed E-state index contributed by atoms with van der Waals surface area (Å²) in [6, 6.07) is 7.78. The summed E-state index contributed by atoms with van der Waals surface area (Å²) in [5.41, 5.74) is 7.31. The molecule has 0 spiro atoms. The summed E-state index contributed by atoms with van der Waals surface area (Å²) in [5.74, 6) is 1.30. The van der Waals surface area contributed by atoms with Crippen molar-refractivity contribution in [1.29, 1.82) is 0 Å². The van der Waals surface area contributed by atoms with E-state index >= 15 is 0 Å². The highest BCUT2D eigenvalue weighted by atomic mass is 35.5. The second-order valence-electron chi connectivity index (χ2n) is 6.38. The molecule has 0 saturated heterocycles. The Kier molecular flexibility index (Phi) is 5.76. The molecule has 2 saturated carbocycles. The molecule has 122 valence electrons. The van der Waals surface area contributed by atoms with E-state index in [9.17, 15) is 4.79 Å². The first-order valence-electron chi connectivity index (χ1n) is 7.89. The first kappa shape index (κ1) is 17.6. The predicted molar refractivity (Wildman–Crippen MR) is 92.1 cm³/mol. The van der Waals surface area contributed by atoms with Gasteiger partial charge in [0.25, 0.3) is 0 Å². The Bertz CT molecular complexity index is 535. The van der Waals surface area contributed by atoms with E-state index in [-0.39, 0.29) is 30.3 Å². The molecule has 2 bridgehead atoms. The van der Waals surface area contributed by atoms with E-state index in [1.807, 2.05) is 36.1 Å². The van der Waals surface area contributed by atoms with Crippen LogP contribution in [0.25, 0.3) is 0 Å². The van der Waals surface area contributed by atoms with Crippen molar-refractivity contribution in [3.8, 4) is 0 Å². The fraction of sp³-hybridized carbons (Fsp3) is 0.588. The molecule has 4 atom stereocenters. The minimum absolute atomic E-state index is 0. The normalized spacial score (nSPS) is 29.2. The van der Waals surface area contributed by atoms with Gasteiger partial charge in [0.15, 0.2) is 0 Å². The van der Waals surface area contributed by atoms with Crippen molar-refractivity contribution in [2.75, 3.05) is 6.54 Å². The van der Waals surface area contributed by atoms with Crippen LogP contribution in [0.15, 0.2) is 24.3 Å². The Labute approximate surface area is 143 Å². The highest BCUT2D eigenvalue weighted by molar-refractivity contribution is 6.31. The SMILES string of the molecule is CCN(Cc1ccccc1Cl)C(=O)C1C2CCC(C2)C1N.Cl. The Hall–Kier alpha value is -0.770. The largest absolute Gasteiger partial charge is 0.338 e. The predicted octanol–water partition coefficient (Wildman–Crippen LogP) is 3.48. The van der Waals surface area contributed by atoms with Gasteiger partial charge in [-0.2, -0.15) is 0 Å². The van der Waals surface area contributed by atoms with Gasteiger partial charge < -0.3 is 10.6 Å². The van der Waals surface area contributed by atoms with Crippen LogP contribution in [0, 0.1) is 17.8 Å². The van der Waals surface area contributed by atoms with Crippen LogP contribution in [0.5, 0.6) is 0 Å². The van der Waals surface area contributed by atoms with Gasteiger partial charge >= 0.3 is 0 Å². The Balaban J connectivity index is 0.00000176. The van der Waals surface area contributed by atoms with Crippen LogP contribution in [-0.4, -0.2) is 23.4 Å². The molecular formula is C17H24Cl2N2O. The fourth-order valence-corrected chi connectivity index (χ4v) is 4.29. The summed E-state index contributed by atoms with van der Waals surface area (Å²) in [5, 5.41) is 0.723. The number of amides is 1. The van der Waals surface area contributed by atoms with Crippen molar-refractivity contribution < 1.29 is 4.79 Å². The molecular weight excluding hydrogens is 319 g/mol. The van der Waals surface area contributed by atoms with Gasteiger partial charge in [0.2, 0.25) is 5.91 Å². The van der Waals surface area contributed by atoms with Gasteiger partial charge in [-0.1, -0.05) is 29.8 Å². The topological polar surface area (TPSA) is 46.3 Å². The number of halogens is 2. The highest BCUT2D eigenvalue weighted by Gasteiger charge is 2.49. The summed E-state index contributed by atoms with van der Waals surface area (Å²) in [4.78, 5) is 14.8. The highest BCUT2D eigenvalue weighted by Crippen LogP contribution is 2.48. The van der Waals surface area contributed by atoms with Crippen LogP contribution in [-0.2, 0) is 11.3 Å². The number of fused-ring (bicyclic) bond motifs is 2. The Morgan fingerprint density at radius 1 is 1.32 bits per heavy atom. The molecule has 1 aromatic carbocycles. The number of rotatable bonds is 4. The number of nitrogens with zero attached hydrogens (tertiary/aromatic N) is 1. The number of benzene rings is 1. The number of hydrogen-bond donors (Lipinski definition) is 1. The minimum atomic E-state index is 0. The van der Waals surface area contributed by atoms with Crippen LogP contribution < -0.4 is 5.73 Å². The summed E-state index contributed by atoms with van der Waals surface area (Å²) in [7, 11) is 0.